The first-order valence-corrected chi connectivity index (χ1v) is 14.2. The van der Waals surface area contributed by atoms with Gasteiger partial charge in [0.2, 0.25) is 0 Å². The predicted molar refractivity (Wildman–Crippen MR) is 152 cm³/mol. The highest BCUT2D eigenvalue weighted by molar-refractivity contribution is 6.07. The normalized spacial score (nSPS) is 18.8. The highest BCUT2D eigenvalue weighted by Crippen LogP contribution is 2.48. The fraction of sp³-hybridized carbons (Fsp3) is 0.406. The third kappa shape index (κ3) is 3.96. The molecule has 2 fully saturated rings. The van der Waals surface area contributed by atoms with Crippen molar-refractivity contribution in [3.05, 3.63) is 77.4 Å². The molecule has 7 rings (SSSR count). The molecule has 206 valence electrons. The summed E-state index contributed by atoms with van der Waals surface area (Å²) in [6.45, 7) is 5.05. The summed E-state index contributed by atoms with van der Waals surface area (Å²) in [5, 5.41) is 20.7. The fourth-order valence-corrected chi connectivity index (χ4v) is 6.80. The Morgan fingerprint density at radius 3 is 2.50 bits per heavy atom. The number of aryl methyl sites for hydroxylation is 2. The molecule has 8 heteroatoms. The van der Waals surface area contributed by atoms with Gasteiger partial charge in [0.1, 0.15) is 0 Å². The number of ether oxygens (including phenoxy) is 1. The third-order valence-electron chi connectivity index (χ3n) is 9.06. The van der Waals surface area contributed by atoms with Gasteiger partial charge in [-0.1, -0.05) is 47.7 Å². The van der Waals surface area contributed by atoms with Crippen LogP contribution < -0.4 is 0 Å². The minimum atomic E-state index is -1.23. The average Bonchev–Trinajstić information content (AvgIpc) is 3.72. The maximum absolute atomic E-state index is 16.9. The fourth-order valence-electron chi connectivity index (χ4n) is 6.80. The van der Waals surface area contributed by atoms with E-state index in [2.05, 4.69) is 33.1 Å². The van der Waals surface area contributed by atoms with Crippen LogP contribution in [0.4, 0.5) is 4.39 Å². The lowest BCUT2D eigenvalue weighted by Crippen LogP contribution is -2.28. The van der Waals surface area contributed by atoms with E-state index in [1.54, 1.807) is 17.7 Å². The van der Waals surface area contributed by atoms with Crippen LogP contribution in [0.1, 0.15) is 55.5 Å². The minimum absolute atomic E-state index is 0.0720. The molecule has 0 unspecified atom stereocenters. The van der Waals surface area contributed by atoms with Gasteiger partial charge >= 0.3 is 0 Å². The van der Waals surface area contributed by atoms with Crippen molar-refractivity contribution in [3.63, 3.8) is 0 Å². The molecule has 1 aliphatic carbocycles. The molecule has 0 radical (unpaired) electrons. The number of fused-ring (bicyclic) bond motifs is 3. The van der Waals surface area contributed by atoms with Crippen molar-refractivity contribution < 1.29 is 14.2 Å². The Bertz CT molecular complexity index is 1690. The van der Waals surface area contributed by atoms with Crippen molar-refractivity contribution in [2.45, 2.75) is 51.2 Å². The first-order chi connectivity index (χ1) is 19.4. The second-order valence-corrected chi connectivity index (χ2v) is 11.7. The Labute approximate surface area is 232 Å². The van der Waals surface area contributed by atoms with Crippen LogP contribution in [0.2, 0.25) is 0 Å². The Hall–Kier alpha value is -3.62. The average molecular weight is 540 g/mol. The van der Waals surface area contributed by atoms with Crippen molar-refractivity contribution >= 4 is 21.9 Å². The molecule has 1 saturated carbocycles. The molecular formula is C32H34FN5O2. The monoisotopic (exact) mass is 539 g/mol. The number of rotatable bonds is 6. The zero-order valence-electron chi connectivity index (χ0n) is 23.1. The zero-order valence-corrected chi connectivity index (χ0v) is 23.1. The molecule has 5 aromatic rings. The third-order valence-corrected chi connectivity index (χ3v) is 9.06. The summed E-state index contributed by atoms with van der Waals surface area (Å²) >= 11 is 0. The van der Waals surface area contributed by atoms with Crippen LogP contribution in [0.5, 0.6) is 0 Å². The first kappa shape index (κ1) is 25.4. The van der Waals surface area contributed by atoms with Crippen molar-refractivity contribution in [3.8, 4) is 11.3 Å². The van der Waals surface area contributed by atoms with Gasteiger partial charge in [-0.2, -0.15) is 0 Å². The van der Waals surface area contributed by atoms with E-state index in [1.165, 1.54) is 0 Å². The molecule has 1 aliphatic heterocycles. The second kappa shape index (κ2) is 9.49. The van der Waals surface area contributed by atoms with Crippen LogP contribution in [-0.2, 0) is 17.4 Å². The van der Waals surface area contributed by atoms with Gasteiger partial charge in [-0.05, 0) is 63.0 Å². The lowest BCUT2D eigenvalue weighted by atomic mass is 9.86. The number of aromatic nitrogens is 5. The smallest absolute Gasteiger partial charge is 0.153 e. The van der Waals surface area contributed by atoms with Crippen molar-refractivity contribution in [1.82, 2.24) is 24.5 Å². The van der Waals surface area contributed by atoms with Gasteiger partial charge in [-0.3, -0.25) is 4.98 Å². The molecule has 2 aliphatic rings. The molecule has 4 heterocycles. The maximum Gasteiger partial charge on any atom is 0.153 e. The molecule has 3 aromatic heterocycles. The van der Waals surface area contributed by atoms with E-state index >= 15 is 4.39 Å². The first-order valence-electron chi connectivity index (χ1n) is 14.2. The Morgan fingerprint density at radius 1 is 1.07 bits per heavy atom. The summed E-state index contributed by atoms with van der Waals surface area (Å²) in [6.07, 6.45) is 5.39. The van der Waals surface area contributed by atoms with Gasteiger partial charge in [0.25, 0.3) is 0 Å². The SMILES string of the molecule is Cc1nnn(C)c1-c1cnc2c3ccc([C@](C)(O)C4CC4)c(F)c3n([C@H](c3ccccc3)C3CCOCC3)c2c1. The Balaban J connectivity index is 1.57. The number of pyridine rings is 1. The maximum atomic E-state index is 16.9. The Morgan fingerprint density at radius 2 is 1.82 bits per heavy atom. The summed E-state index contributed by atoms with van der Waals surface area (Å²) in [6, 6.07) is 16.0. The number of hydrogen-bond donors (Lipinski definition) is 1. The zero-order chi connectivity index (χ0) is 27.6. The quantitative estimate of drug-likeness (QED) is 0.284. The lowest BCUT2D eigenvalue weighted by molar-refractivity contribution is 0.0297. The van der Waals surface area contributed by atoms with Gasteiger partial charge < -0.3 is 14.4 Å². The predicted octanol–water partition coefficient (Wildman–Crippen LogP) is 6.07. The number of halogens is 1. The molecule has 1 N–H and O–H groups in total. The number of aliphatic hydroxyl groups is 1. The van der Waals surface area contributed by atoms with Crippen LogP contribution >= 0.6 is 0 Å². The summed E-state index contributed by atoms with van der Waals surface area (Å²) < 4.78 is 26.6. The molecule has 2 aromatic carbocycles. The molecule has 0 amide bonds. The van der Waals surface area contributed by atoms with Crippen LogP contribution in [0.15, 0.2) is 54.7 Å². The van der Waals surface area contributed by atoms with Crippen molar-refractivity contribution in [2.24, 2.45) is 18.9 Å². The molecule has 1 saturated heterocycles. The van der Waals surface area contributed by atoms with Crippen LogP contribution in [-0.4, -0.2) is 42.9 Å². The molecular weight excluding hydrogens is 505 g/mol. The van der Waals surface area contributed by atoms with Crippen molar-refractivity contribution in [2.75, 3.05) is 13.2 Å². The largest absolute Gasteiger partial charge is 0.385 e. The second-order valence-electron chi connectivity index (χ2n) is 11.7. The summed E-state index contributed by atoms with van der Waals surface area (Å²) in [5.41, 5.74) is 4.93. The Kier molecular flexibility index (Phi) is 6.02. The van der Waals surface area contributed by atoms with Crippen LogP contribution in [0.3, 0.4) is 0 Å². The topological polar surface area (TPSA) is 78.0 Å². The summed E-state index contributed by atoms with van der Waals surface area (Å²) in [5.74, 6) is -0.0474. The number of nitrogens with zero attached hydrogens (tertiary/aromatic N) is 5. The van der Waals surface area contributed by atoms with Gasteiger partial charge in [-0.15, -0.1) is 5.10 Å². The van der Waals surface area contributed by atoms with Gasteiger partial charge in [-0.25, -0.2) is 9.07 Å². The van der Waals surface area contributed by atoms with E-state index in [-0.39, 0.29) is 23.7 Å². The van der Waals surface area contributed by atoms with Crippen molar-refractivity contribution in [1.29, 1.82) is 0 Å². The molecule has 40 heavy (non-hydrogen) atoms. The number of hydrogen-bond acceptors (Lipinski definition) is 5. The van der Waals surface area contributed by atoms with E-state index in [0.717, 1.165) is 64.6 Å². The number of benzene rings is 2. The van der Waals surface area contributed by atoms with Crippen LogP contribution in [0, 0.1) is 24.6 Å². The highest BCUT2D eigenvalue weighted by atomic mass is 19.1. The van der Waals surface area contributed by atoms with E-state index in [4.69, 9.17) is 9.72 Å². The van der Waals surface area contributed by atoms with Crippen LogP contribution in [0.25, 0.3) is 33.2 Å². The molecule has 0 spiro atoms. The van der Waals surface area contributed by atoms with E-state index in [1.807, 2.05) is 44.4 Å². The molecule has 0 bridgehead atoms. The minimum Gasteiger partial charge on any atom is -0.385 e. The molecule has 2 atom stereocenters. The lowest BCUT2D eigenvalue weighted by Gasteiger charge is -2.33. The molecule has 7 nitrogen and oxygen atoms in total. The summed E-state index contributed by atoms with van der Waals surface area (Å²) in [7, 11) is 1.87. The van der Waals surface area contributed by atoms with Gasteiger partial charge in [0.05, 0.1) is 39.6 Å². The summed E-state index contributed by atoms with van der Waals surface area (Å²) in [4.78, 5) is 4.93. The standard InChI is InChI=1S/C32H34FN5O2/c1-19-29(37(3)36-35-19)22-17-26-28(34-18-22)24-11-12-25(32(2,39)23-9-10-23)27(33)31(24)38(26)30(20-7-5-4-6-8-20)21-13-15-40-16-14-21/h4-8,11-12,17-18,21,23,30,39H,9-10,13-16H2,1-3H3/t30-,32-/m1/s1. The van der Waals surface area contributed by atoms with E-state index in [0.29, 0.717) is 24.3 Å². The highest BCUT2D eigenvalue weighted by Gasteiger charge is 2.44. The van der Waals surface area contributed by atoms with E-state index in [9.17, 15) is 5.11 Å². The van der Waals surface area contributed by atoms with Gasteiger partial charge in [0.15, 0.2) is 5.82 Å². The van der Waals surface area contributed by atoms with E-state index < -0.39 is 5.60 Å². The van der Waals surface area contributed by atoms with Gasteiger partial charge in [0, 0.05) is 43.0 Å².